The van der Waals surface area contributed by atoms with E-state index in [1.54, 1.807) is 0 Å². The molecule has 0 radical (unpaired) electrons. The highest BCUT2D eigenvalue weighted by molar-refractivity contribution is 7.03. The molecule has 1 fully saturated rings. The summed E-state index contributed by atoms with van der Waals surface area (Å²) in [6.07, 6.45) is 1.78. The lowest BCUT2D eigenvalue weighted by molar-refractivity contribution is -0.145. The lowest BCUT2D eigenvalue weighted by Crippen LogP contribution is -2.72. The van der Waals surface area contributed by atoms with E-state index in [0.29, 0.717) is 24.2 Å². The summed E-state index contributed by atoms with van der Waals surface area (Å²) in [5, 5.41) is 1.93. The van der Waals surface area contributed by atoms with Gasteiger partial charge in [-0.25, -0.2) is 4.79 Å². The summed E-state index contributed by atoms with van der Waals surface area (Å²) in [5.41, 5.74) is -0.538. The molecule has 2 heterocycles. The molecule has 0 spiro atoms. The maximum atomic E-state index is 12.7. The van der Waals surface area contributed by atoms with E-state index in [4.69, 9.17) is 14.2 Å². The van der Waals surface area contributed by atoms with Crippen molar-refractivity contribution in [3.05, 3.63) is 72.0 Å². The van der Waals surface area contributed by atoms with Gasteiger partial charge in [-0.2, -0.15) is 0 Å². The van der Waals surface area contributed by atoms with Gasteiger partial charge in [0.15, 0.2) is 0 Å². The van der Waals surface area contributed by atoms with Gasteiger partial charge in [-0.3, -0.25) is 4.79 Å². The Morgan fingerprint density at radius 1 is 0.968 bits per heavy atom. The number of hydrogen-bond donors (Lipinski definition) is 0. The van der Waals surface area contributed by atoms with Gasteiger partial charge in [0.2, 0.25) is 0 Å². The third kappa shape index (κ3) is 3.34. The van der Waals surface area contributed by atoms with Crippen LogP contribution in [0.2, 0.25) is 6.55 Å². The van der Waals surface area contributed by atoms with Crippen molar-refractivity contribution < 1.29 is 23.8 Å². The molecule has 31 heavy (non-hydrogen) atoms. The topological polar surface area (TPSA) is 61.8 Å². The van der Waals surface area contributed by atoms with Gasteiger partial charge in [0.25, 0.3) is 0 Å². The molecule has 2 aromatic rings. The van der Waals surface area contributed by atoms with E-state index in [-0.39, 0.29) is 0 Å². The van der Waals surface area contributed by atoms with E-state index in [1.165, 1.54) is 24.4 Å². The summed E-state index contributed by atoms with van der Waals surface area (Å²) < 4.78 is 17.6. The van der Waals surface area contributed by atoms with Crippen molar-refractivity contribution in [1.29, 1.82) is 0 Å². The van der Waals surface area contributed by atoms with Crippen molar-refractivity contribution in [3.8, 4) is 0 Å². The molecule has 0 aliphatic carbocycles. The van der Waals surface area contributed by atoms with Crippen LogP contribution in [-0.4, -0.2) is 37.9 Å². The summed E-state index contributed by atoms with van der Waals surface area (Å²) in [6, 6.07) is 20.9. The first-order valence-corrected chi connectivity index (χ1v) is 13.1. The molecule has 1 saturated heterocycles. The third-order valence-corrected chi connectivity index (χ3v) is 12.3. The van der Waals surface area contributed by atoms with Crippen LogP contribution in [0.5, 0.6) is 0 Å². The maximum Gasteiger partial charge on any atom is 0.340 e. The van der Waals surface area contributed by atoms with Crippen LogP contribution < -0.4 is 10.4 Å². The fraction of sp³-hybridized carbons (Fsp3) is 0.360. The molecule has 0 unspecified atom stereocenters. The Morgan fingerprint density at radius 2 is 1.52 bits per heavy atom. The maximum absolute atomic E-state index is 12.7. The van der Waals surface area contributed by atoms with Crippen LogP contribution in [0.25, 0.3) is 0 Å². The van der Waals surface area contributed by atoms with E-state index < -0.39 is 30.8 Å². The molecular formula is C25H28O5Si. The second-order valence-electron chi connectivity index (χ2n) is 8.74. The normalized spacial score (nSPS) is 25.3. The summed E-state index contributed by atoms with van der Waals surface area (Å²) >= 11 is 0. The van der Waals surface area contributed by atoms with E-state index >= 15 is 0 Å². The molecule has 4 rings (SSSR count). The predicted octanol–water partition coefficient (Wildman–Crippen LogP) is 3.12. The second kappa shape index (κ2) is 7.77. The van der Waals surface area contributed by atoms with E-state index in [1.807, 2.05) is 19.1 Å². The molecule has 0 N–H and O–H groups in total. The molecule has 0 aromatic heterocycles. The highest BCUT2D eigenvalue weighted by atomic mass is 28.3. The number of ether oxygens (including phenoxy) is 3. The summed E-state index contributed by atoms with van der Waals surface area (Å²) in [4.78, 5) is 24.7. The fourth-order valence-electron chi connectivity index (χ4n) is 5.37. The number of esters is 2. The highest BCUT2D eigenvalue weighted by Crippen LogP contribution is 2.54. The molecule has 0 saturated carbocycles. The highest BCUT2D eigenvalue weighted by Gasteiger charge is 2.65. The monoisotopic (exact) mass is 436 g/mol. The number of fused-ring (bicyclic) bond motifs is 2. The van der Waals surface area contributed by atoms with Gasteiger partial charge in [0.1, 0.15) is 25.0 Å². The van der Waals surface area contributed by atoms with E-state index in [2.05, 4.69) is 55.1 Å². The quantitative estimate of drug-likeness (QED) is 0.532. The van der Waals surface area contributed by atoms with Crippen molar-refractivity contribution >= 4 is 30.4 Å². The van der Waals surface area contributed by atoms with Crippen molar-refractivity contribution in [2.75, 3.05) is 7.11 Å². The predicted molar refractivity (Wildman–Crippen MR) is 121 cm³/mol. The van der Waals surface area contributed by atoms with Crippen LogP contribution in [0, 0.1) is 0 Å². The zero-order valence-corrected chi connectivity index (χ0v) is 19.4. The average Bonchev–Trinajstić information content (AvgIpc) is 3.06. The van der Waals surface area contributed by atoms with Crippen molar-refractivity contribution in [2.24, 2.45) is 0 Å². The molecule has 2 bridgehead atoms. The number of carbonyl (C=O) groups excluding carboxylic acids is 2. The Hall–Kier alpha value is -2.70. The largest absolute Gasteiger partial charge is 0.465 e. The van der Waals surface area contributed by atoms with Gasteiger partial charge in [0.05, 0.1) is 12.3 Å². The summed E-state index contributed by atoms with van der Waals surface area (Å²) in [6.45, 7) is 5.59. The van der Waals surface area contributed by atoms with Crippen molar-refractivity contribution in [2.45, 2.75) is 50.5 Å². The first kappa shape index (κ1) is 21.5. The minimum atomic E-state index is -2.52. The second-order valence-corrected chi connectivity index (χ2v) is 13.1. The van der Waals surface area contributed by atoms with Crippen LogP contribution in [0.3, 0.4) is 0 Å². The zero-order chi connectivity index (χ0) is 22.3. The first-order valence-electron chi connectivity index (χ1n) is 10.6. The van der Waals surface area contributed by atoms with Crippen LogP contribution in [0.15, 0.2) is 72.0 Å². The minimum Gasteiger partial charge on any atom is -0.465 e. The first-order chi connectivity index (χ1) is 14.8. The van der Waals surface area contributed by atoms with Gasteiger partial charge >= 0.3 is 11.9 Å². The molecule has 6 heteroatoms. The summed E-state index contributed by atoms with van der Waals surface area (Å²) in [7, 11) is -1.18. The van der Waals surface area contributed by atoms with Gasteiger partial charge in [-0.15, -0.1) is 0 Å². The number of carbonyl (C=O) groups is 2. The molecule has 2 atom stereocenters. The lowest BCUT2D eigenvalue weighted by atomic mass is 9.92. The number of hydrogen-bond acceptors (Lipinski definition) is 5. The van der Waals surface area contributed by atoms with Gasteiger partial charge in [-0.05, 0) is 19.8 Å². The third-order valence-electron chi connectivity index (χ3n) is 6.95. The lowest BCUT2D eigenvalue weighted by Gasteiger charge is -2.49. The summed E-state index contributed by atoms with van der Waals surface area (Å²) in [5.74, 6) is -0.563. The van der Waals surface area contributed by atoms with E-state index in [9.17, 15) is 9.59 Å². The fourth-order valence-corrected chi connectivity index (χ4v) is 10.0. The van der Waals surface area contributed by atoms with Crippen LogP contribution in [-0.2, 0) is 23.8 Å². The standard InChI is InChI=1S/C25H28O5Si/c1-18(26)29-21-17-25(16-15-24(2,30-25)22(21)23(27)28-3)31(4,19-11-7-5-8-12-19)20-13-9-6-10-14-20/h5-14H,15-17H2,1-4H3/t24-,25-/m1/s1. The molecule has 2 aliphatic heterocycles. The Morgan fingerprint density at radius 3 is 2.00 bits per heavy atom. The molecule has 5 nitrogen and oxygen atoms in total. The van der Waals surface area contributed by atoms with Crippen LogP contribution >= 0.6 is 0 Å². The molecule has 162 valence electrons. The van der Waals surface area contributed by atoms with Gasteiger partial charge in [0, 0.05) is 13.3 Å². The smallest absolute Gasteiger partial charge is 0.340 e. The SMILES string of the molecule is COC(=O)C1=C(OC(C)=O)C[C@]2([Si](C)(c3ccccc3)c3ccccc3)CC[C@@]1(C)O2. The Kier molecular flexibility index (Phi) is 5.39. The van der Waals surface area contributed by atoms with Crippen LogP contribution in [0.1, 0.15) is 33.1 Å². The number of methoxy groups -OCH3 is 1. The van der Waals surface area contributed by atoms with E-state index in [0.717, 1.165) is 6.42 Å². The Balaban J connectivity index is 1.94. The molecule has 2 aliphatic rings. The van der Waals surface area contributed by atoms with Crippen LogP contribution in [0.4, 0.5) is 0 Å². The zero-order valence-electron chi connectivity index (χ0n) is 18.4. The minimum absolute atomic E-state index is 0.329. The van der Waals surface area contributed by atoms with Crippen molar-refractivity contribution in [3.63, 3.8) is 0 Å². The molecule has 2 aromatic carbocycles. The number of rotatable bonds is 5. The van der Waals surface area contributed by atoms with Gasteiger partial charge < -0.3 is 14.2 Å². The Labute approximate surface area is 184 Å². The molecular weight excluding hydrogens is 408 g/mol. The molecule has 0 amide bonds. The number of benzene rings is 2. The van der Waals surface area contributed by atoms with Gasteiger partial charge in [-0.1, -0.05) is 77.6 Å². The average molecular weight is 437 g/mol. The van der Waals surface area contributed by atoms with Crippen molar-refractivity contribution in [1.82, 2.24) is 0 Å². The Bertz CT molecular complexity index is 993.